The number of nitrogens with zero attached hydrogens (tertiary/aromatic N) is 5. The van der Waals surface area contributed by atoms with Gasteiger partial charge in [-0.15, -0.1) is 0 Å². The molecule has 2 fully saturated rings. The molecule has 0 unspecified atom stereocenters. The van der Waals surface area contributed by atoms with Crippen LogP contribution in [-0.4, -0.2) is 86.3 Å². The first-order chi connectivity index (χ1) is 14.3. The van der Waals surface area contributed by atoms with Crippen LogP contribution in [0.5, 0.6) is 0 Å². The van der Waals surface area contributed by atoms with Crippen LogP contribution in [0.3, 0.4) is 0 Å². The highest BCUT2D eigenvalue weighted by molar-refractivity contribution is 5.92. The fourth-order valence-corrected chi connectivity index (χ4v) is 3.68. The van der Waals surface area contributed by atoms with Gasteiger partial charge in [0, 0.05) is 58.6 Å². The molecular formula is C21H28N6O2. The van der Waals surface area contributed by atoms with Crippen molar-refractivity contribution in [3.05, 3.63) is 48.4 Å². The Labute approximate surface area is 171 Å². The van der Waals surface area contributed by atoms with Crippen molar-refractivity contribution in [2.24, 2.45) is 0 Å². The second-order valence-electron chi connectivity index (χ2n) is 7.27. The molecule has 2 aromatic heterocycles. The van der Waals surface area contributed by atoms with Crippen molar-refractivity contribution in [2.75, 3.05) is 75.4 Å². The SMILES string of the molecule is O=C(NCCN1CCOCC1)c1ccc(N2CCN(c3ccccn3)CC2)cn1. The monoisotopic (exact) mass is 396 g/mol. The molecule has 0 saturated carbocycles. The normalized spacial score (nSPS) is 17.9. The van der Waals surface area contributed by atoms with Crippen LogP contribution in [0.2, 0.25) is 0 Å². The van der Waals surface area contributed by atoms with Crippen LogP contribution in [-0.2, 0) is 4.74 Å². The van der Waals surface area contributed by atoms with Crippen LogP contribution >= 0.6 is 0 Å². The van der Waals surface area contributed by atoms with Crippen molar-refractivity contribution in [1.82, 2.24) is 20.2 Å². The molecule has 2 saturated heterocycles. The van der Waals surface area contributed by atoms with E-state index < -0.39 is 0 Å². The molecule has 2 aliphatic rings. The summed E-state index contributed by atoms with van der Waals surface area (Å²) in [6.45, 7) is 8.51. The third kappa shape index (κ3) is 5.21. The third-order valence-corrected chi connectivity index (χ3v) is 5.42. The second-order valence-corrected chi connectivity index (χ2v) is 7.27. The molecule has 0 aliphatic carbocycles. The maximum absolute atomic E-state index is 12.3. The van der Waals surface area contributed by atoms with Gasteiger partial charge in [-0.1, -0.05) is 6.07 Å². The number of pyridine rings is 2. The number of rotatable bonds is 6. The van der Waals surface area contributed by atoms with Crippen LogP contribution in [0.1, 0.15) is 10.5 Å². The van der Waals surface area contributed by atoms with Crippen LogP contribution in [0.15, 0.2) is 42.7 Å². The molecule has 1 amide bonds. The summed E-state index contributed by atoms with van der Waals surface area (Å²) < 4.78 is 5.34. The highest BCUT2D eigenvalue weighted by atomic mass is 16.5. The predicted molar refractivity (Wildman–Crippen MR) is 112 cm³/mol. The molecule has 8 heteroatoms. The molecule has 154 valence electrons. The fourth-order valence-electron chi connectivity index (χ4n) is 3.68. The summed E-state index contributed by atoms with van der Waals surface area (Å²) in [5.74, 6) is 0.902. The van der Waals surface area contributed by atoms with Crippen LogP contribution in [0.4, 0.5) is 11.5 Å². The molecule has 4 heterocycles. The first-order valence-electron chi connectivity index (χ1n) is 10.2. The standard InChI is InChI=1S/C21H28N6O2/c28-21(23-7-8-25-13-15-29-16-14-25)19-5-4-18(17-24-19)26-9-11-27(12-10-26)20-3-1-2-6-22-20/h1-6,17H,7-16H2,(H,23,28). The molecule has 0 spiro atoms. The minimum atomic E-state index is -0.121. The molecule has 2 aliphatic heterocycles. The number of hydrogen-bond acceptors (Lipinski definition) is 7. The first-order valence-corrected chi connectivity index (χ1v) is 10.2. The van der Waals surface area contributed by atoms with Crippen molar-refractivity contribution in [3.63, 3.8) is 0 Å². The van der Waals surface area contributed by atoms with Gasteiger partial charge in [0.25, 0.3) is 5.91 Å². The van der Waals surface area contributed by atoms with Crippen LogP contribution in [0.25, 0.3) is 0 Å². The number of nitrogens with one attached hydrogen (secondary N) is 1. The van der Waals surface area contributed by atoms with Crippen molar-refractivity contribution >= 4 is 17.4 Å². The maximum atomic E-state index is 12.3. The zero-order valence-corrected chi connectivity index (χ0v) is 16.7. The van der Waals surface area contributed by atoms with E-state index in [4.69, 9.17) is 4.74 Å². The average Bonchev–Trinajstić information content (AvgIpc) is 2.80. The summed E-state index contributed by atoms with van der Waals surface area (Å²) in [6.07, 6.45) is 3.63. The van der Waals surface area contributed by atoms with Crippen molar-refractivity contribution in [2.45, 2.75) is 0 Å². The number of piperazine rings is 1. The van der Waals surface area contributed by atoms with Gasteiger partial charge in [0.2, 0.25) is 0 Å². The smallest absolute Gasteiger partial charge is 0.269 e. The van der Waals surface area contributed by atoms with Gasteiger partial charge in [-0.3, -0.25) is 9.69 Å². The predicted octanol–water partition coefficient (Wildman–Crippen LogP) is 0.865. The molecule has 29 heavy (non-hydrogen) atoms. The Morgan fingerprint density at radius 1 is 0.966 bits per heavy atom. The number of carbonyl (C=O) groups excluding carboxylic acids is 1. The molecule has 1 N–H and O–H groups in total. The molecule has 2 aromatic rings. The van der Waals surface area contributed by atoms with E-state index in [-0.39, 0.29) is 5.91 Å². The molecular weight excluding hydrogens is 368 g/mol. The van der Waals surface area contributed by atoms with Gasteiger partial charge < -0.3 is 19.9 Å². The van der Waals surface area contributed by atoms with Crippen molar-refractivity contribution in [3.8, 4) is 0 Å². The van der Waals surface area contributed by atoms with Gasteiger partial charge in [0.15, 0.2) is 0 Å². The number of anilines is 2. The third-order valence-electron chi connectivity index (χ3n) is 5.42. The Morgan fingerprint density at radius 3 is 2.45 bits per heavy atom. The van der Waals surface area contributed by atoms with E-state index in [2.05, 4.69) is 30.0 Å². The lowest BCUT2D eigenvalue weighted by atomic mass is 10.2. The van der Waals surface area contributed by atoms with Gasteiger partial charge in [-0.2, -0.15) is 0 Å². The number of ether oxygens (including phenoxy) is 1. The number of morpholine rings is 1. The average molecular weight is 396 g/mol. The van der Waals surface area contributed by atoms with E-state index in [1.807, 2.05) is 36.5 Å². The molecule has 8 nitrogen and oxygen atoms in total. The van der Waals surface area contributed by atoms with Gasteiger partial charge in [-0.05, 0) is 24.3 Å². The largest absolute Gasteiger partial charge is 0.379 e. The van der Waals surface area contributed by atoms with E-state index in [9.17, 15) is 4.79 Å². The molecule has 0 atom stereocenters. The summed E-state index contributed by atoms with van der Waals surface area (Å²) in [6, 6.07) is 9.80. The summed E-state index contributed by atoms with van der Waals surface area (Å²) in [4.78, 5) is 28.0. The molecule has 0 bridgehead atoms. The number of carbonyl (C=O) groups is 1. The molecule has 0 radical (unpaired) electrons. The van der Waals surface area contributed by atoms with Crippen LogP contribution < -0.4 is 15.1 Å². The number of aromatic nitrogens is 2. The zero-order valence-electron chi connectivity index (χ0n) is 16.7. The van der Waals surface area contributed by atoms with E-state index in [0.717, 1.165) is 70.5 Å². The Bertz CT molecular complexity index is 772. The Morgan fingerprint density at radius 2 is 1.76 bits per heavy atom. The lowest BCUT2D eigenvalue weighted by Gasteiger charge is -2.36. The Hall–Kier alpha value is -2.71. The quantitative estimate of drug-likeness (QED) is 0.777. The Kier molecular flexibility index (Phi) is 6.53. The van der Waals surface area contributed by atoms with Gasteiger partial charge in [0.05, 0.1) is 25.1 Å². The highest BCUT2D eigenvalue weighted by Crippen LogP contribution is 2.18. The number of amides is 1. The fraction of sp³-hybridized carbons (Fsp3) is 0.476. The summed E-state index contributed by atoms with van der Waals surface area (Å²) in [5, 5.41) is 2.96. The minimum absolute atomic E-state index is 0.121. The van der Waals surface area contributed by atoms with Crippen molar-refractivity contribution in [1.29, 1.82) is 0 Å². The van der Waals surface area contributed by atoms with E-state index in [1.54, 1.807) is 6.20 Å². The summed E-state index contributed by atoms with van der Waals surface area (Å²) in [7, 11) is 0. The maximum Gasteiger partial charge on any atom is 0.269 e. The van der Waals surface area contributed by atoms with Crippen LogP contribution in [0, 0.1) is 0 Å². The van der Waals surface area contributed by atoms with E-state index in [0.29, 0.717) is 12.2 Å². The second kappa shape index (κ2) is 9.67. The van der Waals surface area contributed by atoms with E-state index in [1.165, 1.54) is 0 Å². The lowest BCUT2D eigenvalue weighted by Crippen LogP contribution is -2.46. The van der Waals surface area contributed by atoms with Gasteiger partial charge in [0.1, 0.15) is 11.5 Å². The highest BCUT2D eigenvalue weighted by Gasteiger charge is 2.19. The summed E-state index contributed by atoms with van der Waals surface area (Å²) in [5.41, 5.74) is 1.51. The topological polar surface area (TPSA) is 73.8 Å². The van der Waals surface area contributed by atoms with Crippen molar-refractivity contribution < 1.29 is 9.53 Å². The minimum Gasteiger partial charge on any atom is -0.379 e. The van der Waals surface area contributed by atoms with E-state index >= 15 is 0 Å². The number of hydrogen-bond donors (Lipinski definition) is 1. The molecule has 4 rings (SSSR count). The first kappa shape index (κ1) is 19.6. The molecule has 0 aromatic carbocycles. The van der Waals surface area contributed by atoms with Gasteiger partial charge in [-0.25, -0.2) is 9.97 Å². The Balaban J connectivity index is 1.24. The summed E-state index contributed by atoms with van der Waals surface area (Å²) >= 11 is 0. The lowest BCUT2D eigenvalue weighted by molar-refractivity contribution is 0.0383. The van der Waals surface area contributed by atoms with Gasteiger partial charge >= 0.3 is 0 Å². The zero-order chi connectivity index (χ0) is 19.9.